The predicted octanol–water partition coefficient (Wildman–Crippen LogP) is 1.81. The molecule has 1 fully saturated rings. The molecule has 3 atom stereocenters. The van der Waals surface area contributed by atoms with E-state index < -0.39 is 207 Å². The monoisotopic (exact) mass is 1890 g/mol. The van der Waals surface area contributed by atoms with E-state index in [4.69, 9.17) is 30.7 Å². The first-order valence-corrected chi connectivity index (χ1v) is 44.1. The molecule has 0 aliphatic heterocycles. The molecule has 9 amide bonds. The molecular weight excluding hydrogens is 1770 g/mol. The van der Waals surface area contributed by atoms with Crippen LogP contribution in [0.4, 0.5) is 4.79 Å². The zero-order valence-corrected chi connectivity index (χ0v) is 78.1. The van der Waals surface area contributed by atoms with Crippen LogP contribution < -0.4 is 70.9 Å². The summed E-state index contributed by atoms with van der Waals surface area (Å²) in [6.45, 7) is 16.0. The Morgan fingerprint density at radius 1 is 0.489 bits per heavy atom. The number of nitrogens with zero attached hydrogens (tertiary/aromatic N) is 7. The Hall–Kier alpha value is -14.1. The number of urea groups is 1. The number of amides is 9. The van der Waals surface area contributed by atoms with Crippen LogP contribution in [-0.2, 0) is 103 Å². The second kappa shape index (κ2) is 48.0. The van der Waals surface area contributed by atoms with Gasteiger partial charge in [-0.2, -0.15) is 0 Å². The second-order valence-electron chi connectivity index (χ2n) is 36.2. The standard InChI is InChI=1S/C91H124N16O28/c1-49-41-59(79(123)95-33-39-103(40-34-96-80(124)60-42-50(2)105(46-66(109)110)83(127)75(60)119)36-18-35-102(37-30-57-70(76(92)120)51(3)106(47-67(111)112)84(128)72(57)116)38-31-58-71(77(93)121)52(4)107(48-68(113)114)85(129)73(58)117)74(118)82(126)104(49)45-65(108)97-44-53-22-24-55(25-23-53)78(122)99-64(43-56-27-26-54-19-14-15-20-61(54)98-56)81(125)94-32-17-16-21-62(86(130)134-90(8,9)10)100-88(132)101-63(87(131)135-91(11,12)13)28-29-69(115)133-89(5,6)7/h14-15,19-20,26-27,41-42,53,55,62-64,116-119H,16-18,21-25,28-40,43-48H2,1-13H3,(H2,92,120)(H2,93,121)(H,94,125)(H,95,123)(H,96,124)(H,97,108)(H,99,122)(H,109,110)(H,111,112)(H,113,114)(H2,100,101,132)/t53?,55?,62-,63-,64-/m0/s1. The summed E-state index contributed by atoms with van der Waals surface area (Å²) in [5.41, 5.74) is 2.74. The number of esters is 3. The van der Waals surface area contributed by atoms with E-state index in [9.17, 15) is 122 Å². The lowest BCUT2D eigenvalue weighted by Gasteiger charge is -2.29. The maximum absolute atomic E-state index is 14.2. The molecule has 18 N–H and O–H groups in total. The number of benzene rings is 1. The van der Waals surface area contributed by atoms with E-state index in [1.165, 1.54) is 33.8 Å². The lowest BCUT2D eigenvalue weighted by atomic mass is 9.81. The molecule has 135 heavy (non-hydrogen) atoms. The number of hydrogen-bond donors (Lipinski definition) is 16. The second-order valence-corrected chi connectivity index (χ2v) is 36.2. The van der Waals surface area contributed by atoms with Crippen molar-refractivity contribution in [2.75, 3.05) is 65.4 Å². The molecule has 0 bridgehead atoms. The zero-order valence-electron chi connectivity index (χ0n) is 78.1. The first-order valence-electron chi connectivity index (χ1n) is 44.1. The van der Waals surface area contributed by atoms with Crippen molar-refractivity contribution in [2.45, 2.75) is 235 Å². The molecular formula is C91H124N16O28. The number of aromatic nitrogens is 5. The molecule has 0 radical (unpaired) electrons. The van der Waals surface area contributed by atoms with Crippen molar-refractivity contribution < 1.29 is 117 Å². The van der Waals surface area contributed by atoms with Crippen LogP contribution in [0.15, 0.2) is 67.7 Å². The van der Waals surface area contributed by atoms with Gasteiger partial charge in [0.1, 0.15) is 61.1 Å². The molecule has 5 heterocycles. The average molecular weight is 1890 g/mol. The Balaban J connectivity index is 1.00. The van der Waals surface area contributed by atoms with Gasteiger partial charge in [0, 0.05) is 116 Å². The number of carboxylic acid groups (broad SMARTS) is 3. The van der Waals surface area contributed by atoms with Crippen molar-refractivity contribution in [2.24, 2.45) is 23.3 Å². The van der Waals surface area contributed by atoms with Crippen LogP contribution in [0.1, 0.15) is 208 Å². The highest BCUT2D eigenvalue weighted by molar-refractivity contribution is 5.99. The molecule has 1 aliphatic carbocycles. The van der Waals surface area contributed by atoms with E-state index in [-0.39, 0.29) is 174 Å². The molecule has 6 aromatic rings. The zero-order chi connectivity index (χ0) is 101. The van der Waals surface area contributed by atoms with Crippen LogP contribution >= 0.6 is 0 Å². The first-order chi connectivity index (χ1) is 63.1. The summed E-state index contributed by atoms with van der Waals surface area (Å²) in [4.78, 5) is 246. The maximum atomic E-state index is 14.2. The number of fused-ring (bicyclic) bond motifs is 1. The molecule has 5 aromatic heterocycles. The summed E-state index contributed by atoms with van der Waals surface area (Å²) >= 11 is 0. The van der Waals surface area contributed by atoms with Crippen molar-refractivity contribution in [1.82, 2.24) is 70.3 Å². The van der Waals surface area contributed by atoms with Crippen LogP contribution in [0.25, 0.3) is 10.9 Å². The summed E-state index contributed by atoms with van der Waals surface area (Å²) in [6, 6.07) is 8.70. The Bertz CT molecular complexity index is 5600. The van der Waals surface area contributed by atoms with Crippen molar-refractivity contribution in [3.05, 3.63) is 152 Å². The number of para-hydroxylation sites is 1. The fourth-order valence-corrected chi connectivity index (χ4v) is 15.6. The van der Waals surface area contributed by atoms with Crippen molar-refractivity contribution in [1.29, 1.82) is 0 Å². The van der Waals surface area contributed by atoms with Crippen molar-refractivity contribution in [3.63, 3.8) is 0 Å². The predicted molar refractivity (Wildman–Crippen MR) is 487 cm³/mol. The smallest absolute Gasteiger partial charge is 0.329 e. The van der Waals surface area contributed by atoms with E-state index in [2.05, 4.69) is 37.2 Å². The van der Waals surface area contributed by atoms with E-state index in [1.54, 1.807) is 78.2 Å². The number of primary amides is 2. The van der Waals surface area contributed by atoms with Crippen LogP contribution in [-0.4, -0.2) is 252 Å². The number of carbonyl (C=O) groups excluding carboxylic acids is 11. The number of nitrogens with two attached hydrogens (primary N) is 2. The van der Waals surface area contributed by atoms with E-state index in [0.29, 0.717) is 46.0 Å². The van der Waals surface area contributed by atoms with Gasteiger partial charge in [-0.3, -0.25) is 95.5 Å². The van der Waals surface area contributed by atoms with Crippen molar-refractivity contribution in [3.8, 4) is 23.0 Å². The molecule has 736 valence electrons. The Morgan fingerprint density at radius 3 is 1.40 bits per heavy atom. The summed E-state index contributed by atoms with van der Waals surface area (Å²) in [7, 11) is 0. The number of carbonyl (C=O) groups is 14. The Kier molecular flexibility index (Phi) is 38.4. The highest BCUT2D eigenvalue weighted by atomic mass is 16.6. The van der Waals surface area contributed by atoms with Crippen LogP contribution in [0.2, 0.25) is 0 Å². The number of rotatable bonds is 47. The summed E-state index contributed by atoms with van der Waals surface area (Å²) in [6.07, 6.45) is 1.20. The van der Waals surface area contributed by atoms with Gasteiger partial charge < -0.3 is 108 Å². The first kappa shape index (κ1) is 108. The summed E-state index contributed by atoms with van der Waals surface area (Å²) in [5.74, 6) is -17.1. The molecule has 1 aromatic carbocycles. The van der Waals surface area contributed by atoms with Crippen LogP contribution in [0, 0.1) is 39.5 Å². The quantitative estimate of drug-likeness (QED) is 0.0147. The van der Waals surface area contributed by atoms with Crippen LogP contribution in [0.3, 0.4) is 0 Å². The fraction of sp³-hybridized carbons (Fsp3) is 0.527. The van der Waals surface area contributed by atoms with E-state index in [0.717, 1.165) is 20.6 Å². The largest absolute Gasteiger partial charge is 0.503 e. The fourth-order valence-electron chi connectivity index (χ4n) is 15.6. The minimum Gasteiger partial charge on any atom is -0.503 e. The third kappa shape index (κ3) is 31.8. The van der Waals surface area contributed by atoms with Crippen molar-refractivity contribution >= 4 is 94.1 Å². The van der Waals surface area contributed by atoms with Gasteiger partial charge in [-0.25, -0.2) is 14.4 Å². The van der Waals surface area contributed by atoms with Gasteiger partial charge >= 0.3 is 41.8 Å². The molecule has 0 spiro atoms. The molecule has 44 nitrogen and oxygen atoms in total. The highest BCUT2D eigenvalue weighted by Gasteiger charge is 2.36. The van der Waals surface area contributed by atoms with Gasteiger partial charge in [0.15, 0.2) is 23.0 Å². The van der Waals surface area contributed by atoms with Gasteiger partial charge in [-0.1, -0.05) is 24.3 Å². The minimum atomic E-state index is -1.49. The van der Waals surface area contributed by atoms with Crippen LogP contribution in [0.5, 0.6) is 23.0 Å². The lowest BCUT2D eigenvalue weighted by molar-refractivity contribution is -0.159. The van der Waals surface area contributed by atoms with E-state index in [1.807, 2.05) is 30.3 Å². The molecule has 0 unspecified atom stereocenters. The van der Waals surface area contributed by atoms with Gasteiger partial charge in [0.2, 0.25) is 17.7 Å². The Morgan fingerprint density at radius 2 is 0.933 bits per heavy atom. The summed E-state index contributed by atoms with van der Waals surface area (Å²) in [5, 5.41) is 93.1. The number of ether oxygens (including phenoxy) is 3. The van der Waals surface area contributed by atoms with E-state index >= 15 is 0 Å². The third-order valence-electron chi connectivity index (χ3n) is 22.2. The van der Waals surface area contributed by atoms with Gasteiger partial charge in [-0.15, -0.1) is 0 Å². The number of unbranched alkanes of at least 4 members (excludes halogenated alkanes) is 1. The molecule has 1 aliphatic rings. The SMILES string of the molecule is Cc1cc(C(=O)NCCN(CCCN(CCc2c(C(N)=O)c(C)n(CC(=O)O)c(=O)c2O)CCc2c(C(N)=O)c(C)n(CC(=O)O)c(=O)c2O)CCNC(=O)c2cc(C)n(CC(=O)NCC3CCC(C(=O)N[C@@H](Cc4ccc5ccccc5n4)C(=O)NCCCC[C@H](NC(=O)N[C@@H](CCC(=O)OC(C)(C)C)C(=O)OC(C)(C)C)C(=O)OC(C)(C)C)CC3)c(=O)c2O)c(O)c(=O)n1CC(=O)O. The number of pyridine rings is 5. The molecule has 0 saturated heterocycles. The minimum absolute atomic E-state index is 0.00188. The lowest BCUT2D eigenvalue weighted by Crippen LogP contribution is -2.53. The number of aryl methyl sites for hydroxylation is 2. The summed E-state index contributed by atoms with van der Waals surface area (Å²) < 4.78 is 19.6. The number of carboxylic acids is 3. The number of aromatic hydroxyl groups is 4. The molecule has 1 saturated carbocycles. The molecule has 7 rings (SSSR count). The number of nitrogens with one attached hydrogen (secondary N) is 7. The molecule has 44 heteroatoms. The van der Waals surface area contributed by atoms with Gasteiger partial charge in [0.25, 0.3) is 45.9 Å². The van der Waals surface area contributed by atoms with Gasteiger partial charge in [0.05, 0.1) is 27.8 Å². The number of hydrogen-bond acceptors (Lipinski definition) is 28. The normalized spacial score (nSPS) is 14.0. The average Bonchev–Trinajstić information content (AvgIpc) is 0.772. The topological polar surface area (TPSA) is 652 Å². The highest BCUT2D eigenvalue weighted by Crippen LogP contribution is 2.31. The number of aliphatic carboxylic acids is 3. The van der Waals surface area contributed by atoms with Gasteiger partial charge in [-0.05, 0) is 204 Å². The Labute approximate surface area is 776 Å². The maximum Gasteiger partial charge on any atom is 0.329 e. The third-order valence-corrected chi connectivity index (χ3v) is 22.2.